The predicted octanol–water partition coefficient (Wildman–Crippen LogP) is 1.21. The standard InChI is InChI=1S/C12H14N4O3/c13-6-9-5-11(16(18)19)12(14-7-9)15-4-2-1-3-10(15)8-17/h5,7,10,17H,1-4,8H2. The first-order valence-electron chi connectivity index (χ1n) is 6.09. The Hall–Kier alpha value is -2.20. The highest BCUT2D eigenvalue weighted by molar-refractivity contribution is 5.60. The van der Waals surface area contributed by atoms with Crippen molar-refractivity contribution in [3.63, 3.8) is 0 Å². The number of nitro groups is 1. The third-order valence-electron chi connectivity index (χ3n) is 3.28. The number of hydrogen-bond donors (Lipinski definition) is 1. The highest BCUT2D eigenvalue weighted by atomic mass is 16.6. The number of aliphatic hydroxyl groups excluding tert-OH is 1. The van der Waals surface area contributed by atoms with Crippen molar-refractivity contribution in [2.45, 2.75) is 25.3 Å². The number of rotatable bonds is 3. The van der Waals surface area contributed by atoms with Crippen LogP contribution in [0, 0.1) is 21.4 Å². The molecule has 0 aromatic carbocycles. The average molecular weight is 262 g/mol. The zero-order valence-corrected chi connectivity index (χ0v) is 10.3. The van der Waals surface area contributed by atoms with Crippen LogP contribution in [-0.4, -0.2) is 34.2 Å². The number of nitrogens with zero attached hydrogens (tertiary/aromatic N) is 4. The third kappa shape index (κ3) is 2.63. The Labute approximate surface area is 110 Å². The fourth-order valence-corrected chi connectivity index (χ4v) is 2.33. The Kier molecular flexibility index (Phi) is 3.92. The lowest BCUT2D eigenvalue weighted by atomic mass is 10.0. The van der Waals surface area contributed by atoms with Crippen LogP contribution in [0.4, 0.5) is 11.5 Å². The van der Waals surface area contributed by atoms with Crippen LogP contribution in [0.1, 0.15) is 24.8 Å². The molecule has 100 valence electrons. The molecule has 1 unspecified atom stereocenters. The van der Waals surface area contributed by atoms with Gasteiger partial charge in [0.25, 0.3) is 0 Å². The van der Waals surface area contributed by atoms with Gasteiger partial charge in [-0.15, -0.1) is 0 Å². The van der Waals surface area contributed by atoms with Gasteiger partial charge in [-0.05, 0) is 19.3 Å². The van der Waals surface area contributed by atoms with E-state index in [0.29, 0.717) is 6.54 Å². The van der Waals surface area contributed by atoms with Crippen LogP contribution in [0.5, 0.6) is 0 Å². The number of nitriles is 1. The topological polar surface area (TPSA) is 103 Å². The fraction of sp³-hybridized carbons (Fsp3) is 0.500. The molecule has 1 aromatic heterocycles. The molecule has 0 bridgehead atoms. The van der Waals surface area contributed by atoms with Gasteiger partial charge in [0.15, 0.2) is 0 Å². The molecule has 1 aliphatic heterocycles. The van der Waals surface area contributed by atoms with Crippen molar-refractivity contribution in [1.82, 2.24) is 4.98 Å². The first-order chi connectivity index (χ1) is 9.17. The quantitative estimate of drug-likeness (QED) is 0.648. The summed E-state index contributed by atoms with van der Waals surface area (Å²) in [5.41, 5.74) is -0.0209. The zero-order chi connectivity index (χ0) is 13.8. The molecule has 1 fully saturated rings. The molecule has 0 amide bonds. The number of aliphatic hydroxyl groups is 1. The van der Waals surface area contributed by atoms with Crippen molar-refractivity contribution in [1.29, 1.82) is 5.26 Å². The molecule has 2 rings (SSSR count). The molecule has 19 heavy (non-hydrogen) atoms. The Morgan fingerprint density at radius 1 is 1.63 bits per heavy atom. The summed E-state index contributed by atoms with van der Waals surface area (Å²) in [6.45, 7) is 0.573. The van der Waals surface area contributed by atoms with E-state index in [1.54, 1.807) is 4.90 Å². The molecule has 0 spiro atoms. The minimum Gasteiger partial charge on any atom is -0.394 e. The number of hydrogen-bond acceptors (Lipinski definition) is 6. The summed E-state index contributed by atoms with van der Waals surface area (Å²) in [6, 6.07) is 2.92. The maximum Gasteiger partial charge on any atom is 0.312 e. The summed E-state index contributed by atoms with van der Waals surface area (Å²) in [5, 5.41) is 29.2. The van der Waals surface area contributed by atoms with E-state index in [0.717, 1.165) is 19.3 Å². The van der Waals surface area contributed by atoms with Crippen molar-refractivity contribution in [2.75, 3.05) is 18.1 Å². The fourth-order valence-electron chi connectivity index (χ4n) is 2.33. The SMILES string of the molecule is N#Cc1cnc(N2CCCCC2CO)c([N+](=O)[O-])c1. The Bertz CT molecular complexity index is 526. The van der Waals surface area contributed by atoms with Crippen molar-refractivity contribution in [3.05, 3.63) is 27.9 Å². The lowest BCUT2D eigenvalue weighted by molar-refractivity contribution is -0.384. The van der Waals surface area contributed by atoms with E-state index < -0.39 is 4.92 Å². The smallest absolute Gasteiger partial charge is 0.312 e. The van der Waals surface area contributed by atoms with E-state index >= 15 is 0 Å². The number of anilines is 1. The van der Waals surface area contributed by atoms with Gasteiger partial charge in [0, 0.05) is 18.8 Å². The minimum atomic E-state index is -0.536. The Morgan fingerprint density at radius 2 is 2.42 bits per heavy atom. The van der Waals surface area contributed by atoms with Gasteiger partial charge >= 0.3 is 5.69 Å². The van der Waals surface area contributed by atoms with Gasteiger partial charge in [-0.3, -0.25) is 10.1 Å². The first-order valence-corrected chi connectivity index (χ1v) is 6.09. The van der Waals surface area contributed by atoms with Crippen LogP contribution in [0.2, 0.25) is 0 Å². The van der Waals surface area contributed by atoms with Crippen LogP contribution < -0.4 is 4.90 Å². The van der Waals surface area contributed by atoms with E-state index in [1.807, 2.05) is 6.07 Å². The summed E-state index contributed by atoms with van der Waals surface area (Å²) in [5.74, 6) is 0.239. The maximum atomic E-state index is 11.1. The van der Waals surface area contributed by atoms with Crippen LogP contribution in [-0.2, 0) is 0 Å². The van der Waals surface area contributed by atoms with Crippen molar-refractivity contribution < 1.29 is 10.0 Å². The summed E-state index contributed by atoms with van der Waals surface area (Å²) < 4.78 is 0. The second kappa shape index (κ2) is 5.63. The van der Waals surface area contributed by atoms with Gasteiger partial charge in [-0.25, -0.2) is 4.98 Å². The molecule has 1 aromatic rings. The molecule has 1 N–H and O–H groups in total. The zero-order valence-electron chi connectivity index (χ0n) is 10.3. The molecule has 7 heteroatoms. The van der Waals surface area contributed by atoms with Crippen LogP contribution in [0.25, 0.3) is 0 Å². The lowest BCUT2D eigenvalue weighted by Gasteiger charge is -2.35. The van der Waals surface area contributed by atoms with E-state index in [4.69, 9.17) is 5.26 Å². The molecule has 0 aliphatic carbocycles. The molecular formula is C12H14N4O3. The molecule has 1 atom stereocenters. The van der Waals surface area contributed by atoms with E-state index in [2.05, 4.69) is 4.98 Å². The lowest BCUT2D eigenvalue weighted by Crippen LogP contribution is -2.42. The minimum absolute atomic E-state index is 0.0567. The Balaban J connectivity index is 2.43. The van der Waals surface area contributed by atoms with Gasteiger partial charge in [0.1, 0.15) is 6.07 Å². The van der Waals surface area contributed by atoms with Gasteiger partial charge in [0.05, 0.1) is 23.1 Å². The normalized spacial score (nSPS) is 18.9. The van der Waals surface area contributed by atoms with Gasteiger partial charge in [-0.2, -0.15) is 5.26 Å². The molecule has 0 radical (unpaired) electrons. The number of aromatic nitrogens is 1. The highest BCUT2D eigenvalue weighted by Gasteiger charge is 2.29. The van der Waals surface area contributed by atoms with E-state index in [9.17, 15) is 15.2 Å². The second-order valence-electron chi connectivity index (χ2n) is 4.46. The summed E-state index contributed by atoms with van der Waals surface area (Å²) >= 11 is 0. The van der Waals surface area contributed by atoms with Gasteiger partial charge in [0.2, 0.25) is 5.82 Å². The summed E-state index contributed by atoms with van der Waals surface area (Å²) in [7, 11) is 0. The van der Waals surface area contributed by atoms with Crippen molar-refractivity contribution >= 4 is 11.5 Å². The van der Waals surface area contributed by atoms with Gasteiger partial charge in [-0.1, -0.05) is 0 Å². The third-order valence-corrected chi connectivity index (χ3v) is 3.28. The Morgan fingerprint density at radius 3 is 3.05 bits per heavy atom. The second-order valence-corrected chi connectivity index (χ2v) is 4.46. The van der Waals surface area contributed by atoms with Crippen LogP contribution in [0.15, 0.2) is 12.3 Å². The molecule has 2 heterocycles. The van der Waals surface area contributed by atoms with Crippen LogP contribution in [0.3, 0.4) is 0 Å². The molecule has 1 saturated heterocycles. The first kappa shape index (κ1) is 13.2. The summed E-state index contributed by atoms with van der Waals surface area (Å²) in [6.07, 6.45) is 4.02. The van der Waals surface area contributed by atoms with Crippen molar-refractivity contribution in [3.8, 4) is 6.07 Å². The molecule has 7 nitrogen and oxygen atoms in total. The number of pyridine rings is 1. The molecule has 0 saturated carbocycles. The monoisotopic (exact) mass is 262 g/mol. The van der Waals surface area contributed by atoms with E-state index in [1.165, 1.54) is 12.3 Å². The average Bonchev–Trinajstić information content (AvgIpc) is 2.46. The number of piperidine rings is 1. The summed E-state index contributed by atoms with van der Waals surface area (Å²) in [4.78, 5) is 16.4. The van der Waals surface area contributed by atoms with Gasteiger partial charge < -0.3 is 10.0 Å². The highest BCUT2D eigenvalue weighted by Crippen LogP contribution is 2.31. The van der Waals surface area contributed by atoms with Crippen LogP contribution >= 0.6 is 0 Å². The molecule has 1 aliphatic rings. The molecular weight excluding hydrogens is 248 g/mol. The predicted molar refractivity (Wildman–Crippen MR) is 67.7 cm³/mol. The largest absolute Gasteiger partial charge is 0.394 e. The van der Waals surface area contributed by atoms with E-state index in [-0.39, 0.29) is 29.7 Å². The maximum absolute atomic E-state index is 11.1. The van der Waals surface area contributed by atoms with Crippen molar-refractivity contribution in [2.24, 2.45) is 0 Å².